The number of carbonyl (C=O) groups excluding carboxylic acids is 1. The summed E-state index contributed by atoms with van der Waals surface area (Å²) in [6, 6.07) is 0. The Balaban J connectivity index is 2.54. The van der Waals surface area contributed by atoms with E-state index in [4.69, 9.17) is 0 Å². The van der Waals surface area contributed by atoms with Crippen molar-refractivity contribution in [1.29, 1.82) is 0 Å². The maximum Gasteiger partial charge on any atom is 0.206 e. The summed E-state index contributed by atoms with van der Waals surface area (Å²) in [5, 5.41) is 0. The van der Waals surface area contributed by atoms with Crippen LogP contribution in [0, 0.1) is 0 Å². The Morgan fingerprint density at radius 3 is 3.20 bits per heavy atom. The van der Waals surface area contributed by atoms with E-state index in [1.807, 2.05) is 0 Å². The maximum absolute atomic E-state index is 11.0. The molecule has 0 bridgehead atoms. The number of carbonyl (C=O) groups is 1. The van der Waals surface area contributed by atoms with Crippen molar-refractivity contribution in [1.82, 2.24) is 0 Å². The molecule has 4 heteroatoms. The molecule has 0 atom stereocenters. The first-order chi connectivity index (χ1) is 4.88. The number of hydrogen-bond donors (Lipinski definition) is 0. The Labute approximate surface area is 59.1 Å². The van der Waals surface area contributed by atoms with E-state index < -0.39 is 0 Å². The molecule has 1 heterocycles. The van der Waals surface area contributed by atoms with E-state index in [-0.39, 0.29) is 5.78 Å². The first kappa shape index (κ1) is 5.69. The predicted octanol–water partition coefficient (Wildman–Crippen LogP) is 1.51. The molecular weight excluding hydrogens is 147 g/mol. The van der Waals surface area contributed by atoms with Gasteiger partial charge in [0.25, 0.3) is 0 Å². The zero-order valence-electron chi connectivity index (χ0n) is 4.98. The Hall–Kier alpha value is -1.08. The largest absolute Gasteiger partial charge is 0.287 e. The highest BCUT2D eigenvalue weighted by Gasteiger charge is 2.18. The summed E-state index contributed by atoms with van der Waals surface area (Å²) in [4.78, 5) is 11.0. The molecule has 0 aromatic heterocycles. The van der Waals surface area contributed by atoms with E-state index in [1.165, 1.54) is 6.08 Å². The Morgan fingerprint density at radius 2 is 2.40 bits per heavy atom. The average molecular weight is 150 g/mol. The molecule has 48 valence electrons. The van der Waals surface area contributed by atoms with Crippen LogP contribution in [0.4, 0.5) is 0 Å². The monoisotopic (exact) mass is 150 g/mol. The smallest absolute Gasteiger partial charge is 0.206 e. The lowest BCUT2D eigenvalue weighted by atomic mass is 10.1. The fraction of sp³-hybridized carbons (Fsp3) is 0. The third-order valence-corrected chi connectivity index (χ3v) is 1.87. The minimum absolute atomic E-state index is 0.0359. The molecule has 0 N–H and O–H groups in total. The lowest BCUT2D eigenvalue weighted by molar-refractivity contribution is -0.108. The minimum atomic E-state index is -0.0359. The van der Waals surface area contributed by atoms with Crippen LogP contribution in [0.15, 0.2) is 33.4 Å². The number of fused-ring (bicyclic) bond motifs is 1. The van der Waals surface area contributed by atoms with Gasteiger partial charge in [-0.15, -0.1) is 0 Å². The van der Waals surface area contributed by atoms with Crippen LogP contribution in [0.1, 0.15) is 0 Å². The summed E-state index contributed by atoms with van der Waals surface area (Å²) >= 11 is 0. The first-order valence-electron chi connectivity index (χ1n) is 2.80. The second-order valence-electron chi connectivity index (χ2n) is 1.91. The van der Waals surface area contributed by atoms with Gasteiger partial charge in [0.15, 0.2) is 8.52 Å². The summed E-state index contributed by atoms with van der Waals surface area (Å²) in [6.45, 7) is 0. The summed E-state index contributed by atoms with van der Waals surface area (Å²) in [6.07, 6.45) is 4.99. The summed E-state index contributed by atoms with van der Waals surface area (Å²) in [5.41, 5.74) is 1.22. The van der Waals surface area contributed by atoms with Gasteiger partial charge < -0.3 is 0 Å². The zero-order chi connectivity index (χ0) is 6.97. The van der Waals surface area contributed by atoms with Crippen LogP contribution in [0.2, 0.25) is 0 Å². The van der Waals surface area contributed by atoms with Crippen molar-refractivity contribution in [2.24, 2.45) is 9.51 Å². The van der Waals surface area contributed by atoms with Gasteiger partial charge in [-0.2, -0.15) is 0 Å². The Bertz CT molecular complexity index is 306. The molecule has 10 heavy (non-hydrogen) atoms. The minimum Gasteiger partial charge on any atom is -0.287 e. The van der Waals surface area contributed by atoms with E-state index in [0.717, 1.165) is 0 Å². The molecule has 0 radical (unpaired) electrons. The van der Waals surface area contributed by atoms with Crippen molar-refractivity contribution in [2.45, 2.75) is 0 Å². The fourth-order valence-corrected chi connectivity index (χ4v) is 1.40. The van der Waals surface area contributed by atoms with Crippen LogP contribution in [0.25, 0.3) is 0 Å². The number of rotatable bonds is 0. The van der Waals surface area contributed by atoms with Crippen LogP contribution in [-0.2, 0) is 4.79 Å². The molecule has 1 aliphatic carbocycles. The van der Waals surface area contributed by atoms with Crippen LogP contribution >= 0.6 is 8.52 Å². The van der Waals surface area contributed by atoms with Gasteiger partial charge in [0.2, 0.25) is 5.78 Å². The van der Waals surface area contributed by atoms with Crippen molar-refractivity contribution >= 4 is 20.0 Å². The first-order valence-corrected chi connectivity index (χ1v) is 3.60. The van der Waals surface area contributed by atoms with Crippen LogP contribution in [0.3, 0.4) is 0 Å². The maximum atomic E-state index is 11.0. The van der Waals surface area contributed by atoms with Gasteiger partial charge in [-0.05, 0) is 12.2 Å². The highest BCUT2D eigenvalue weighted by atomic mass is 31.1. The number of hydrogen-bond acceptors (Lipinski definition) is 3. The van der Waals surface area contributed by atoms with E-state index in [9.17, 15) is 4.79 Å². The Kier molecular flexibility index (Phi) is 1.11. The molecule has 0 spiro atoms. The normalized spacial score (nSPS) is 22.2. The highest BCUT2D eigenvalue weighted by molar-refractivity contribution is 7.26. The fourth-order valence-electron chi connectivity index (χ4n) is 0.807. The average Bonchev–Trinajstić information content (AvgIpc) is 2.36. The van der Waals surface area contributed by atoms with Gasteiger partial charge in [-0.1, -0.05) is 6.08 Å². The molecule has 0 unspecified atom stereocenters. The van der Waals surface area contributed by atoms with E-state index >= 15 is 0 Å². The summed E-state index contributed by atoms with van der Waals surface area (Å²) in [5.74, 6) is -0.0359. The summed E-state index contributed by atoms with van der Waals surface area (Å²) in [7, 11) is 0.630. The second-order valence-corrected chi connectivity index (χ2v) is 2.49. The zero-order valence-corrected chi connectivity index (χ0v) is 5.88. The molecule has 3 nitrogen and oxygen atoms in total. The van der Waals surface area contributed by atoms with Gasteiger partial charge in [-0.25, -0.2) is 9.51 Å². The van der Waals surface area contributed by atoms with Crippen LogP contribution in [0.5, 0.6) is 0 Å². The second kappa shape index (κ2) is 1.96. The molecule has 2 aliphatic rings. The molecule has 0 aromatic rings. The van der Waals surface area contributed by atoms with E-state index in [0.29, 0.717) is 19.9 Å². The molecule has 0 saturated heterocycles. The highest BCUT2D eigenvalue weighted by Crippen LogP contribution is 2.23. The van der Waals surface area contributed by atoms with Crippen molar-refractivity contribution in [2.75, 3.05) is 0 Å². The third-order valence-electron chi connectivity index (χ3n) is 1.27. The van der Waals surface area contributed by atoms with Crippen LogP contribution in [-0.4, -0.2) is 11.5 Å². The van der Waals surface area contributed by atoms with Gasteiger partial charge in [0.1, 0.15) is 5.71 Å². The van der Waals surface area contributed by atoms with Crippen molar-refractivity contribution < 1.29 is 4.79 Å². The standard InChI is InChI=1S/C6H3N2OP/c9-5-3-1-2-4-6(5)8-10-7-4/h1-3H. The summed E-state index contributed by atoms with van der Waals surface area (Å²) < 4.78 is 7.86. The molecule has 2 rings (SSSR count). The van der Waals surface area contributed by atoms with Gasteiger partial charge in [0.05, 0.1) is 5.70 Å². The molecule has 0 aromatic carbocycles. The molecular formula is C6H3N2OP. The molecule has 0 fully saturated rings. The molecule has 0 saturated carbocycles. The van der Waals surface area contributed by atoms with Gasteiger partial charge in [-0.3, -0.25) is 4.79 Å². The van der Waals surface area contributed by atoms with E-state index in [1.54, 1.807) is 12.2 Å². The van der Waals surface area contributed by atoms with Gasteiger partial charge >= 0.3 is 0 Å². The topological polar surface area (TPSA) is 41.8 Å². The van der Waals surface area contributed by atoms with Crippen molar-refractivity contribution in [3.05, 3.63) is 23.9 Å². The molecule has 1 aliphatic heterocycles. The quantitative estimate of drug-likeness (QED) is 0.381. The lowest BCUT2D eigenvalue weighted by Gasteiger charge is -1.98. The van der Waals surface area contributed by atoms with Crippen LogP contribution < -0.4 is 0 Å². The number of allylic oxidation sites excluding steroid dienone is 4. The Morgan fingerprint density at radius 1 is 1.50 bits per heavy atom. The third kappa shape index (κ3) is 0.677. The SMILES string of the molecule is O=C1C=CC=C2N=PN=C12. The van der Waals surface area contributed by atoms with E-state index in [2.05, 4.69) is 9.51 Å². The predicted molar refractivity (Wildman–Crippen MR) is 39.0 cm³/mol. The van der Waals surface area contributed by atoms with Gasteiger partial charge in [0, 0.05) is 0 Å². The van der Waals surface area contributed by atoms with Crippen molar-refractivity contribution in [3.8, 4) is 0 Å². The lowest BCUT2D eigenvalue weighted by Crippen LogP contribution is -2.12. The van der Waals surface area contributed by atoms with Crippen molar-refractivity contribution in [3.63, 3.8) is 0 Å². The molecule has 0 amide bonds. The number of nitrogens with zero attached hydrogens (tertiary/aromatic N) is 2. The number of ketones is 1.